The second kappa shape index (κ2) is 4.46. The lowest BCUT2D eigenvalue weighted by Gasteiger charge is -2.46. The SMILES string of the molecule is CC1(C)C(NC2CCN(C3CC3)CC2)[C@]2(C)CC[C@H]1C2. The lowest BCUT2D eigenvalue weighted by atomic mass is 9.68. The molecular formula is C18H32N2. The summed E-state index contributed by atoms with van der Waals surface area (Å²) in [6, 6.07) is 2.50. The number of fused-ring (bicyclic) bond motifs is 2. The third kappa shape index (κ3) is 2.06. The van der Waals surface area contributed by atoms with Crippen molar-refractivity contribution in [2.24, 2.45) is 16.7 Å². The molecule has 3 aliphatic carbocycles. The topological polar surface area (TPSA) is 15.3 Å². The third-order valence-corrected chi connectivity index (χ3v) is 7.26. The Morgan fingerprint density at radius 2 is 1.65 bits per heavy atom. The van der Waals surface area contributed by atoms with Crippen LogP contribution < -0.4 is 5.32 Å². The molecule has 0 spiro atoms. The maximum Gasteiger partial charge on any atom is 0.0177 e. The van der Waals surface area contributed by atoms with Crippen LogP contribution in [-0.2, 0) is 0 Å². The molecule has 114 valence electrons. The second-order valence-corrected chi connectivity index (χ2v) is 9.06. The minimum atomic E-state index is 0.515. The lowest BCUT2D eigenvalue weighted by molar-refractivity contribution is 0.0824. The van der Waals surface area contributed by atoms with Crippen LogP contribution in [0.15, 0.2) is 0 Å². The molecule has 4 aliphatic rings. The van der Waals surface area contributed by atoms with Crippen molar-refractivity contribution in [3.05, 3.63) is 0 Å². The Morgan fingerprint density at radius 3 is 2.20 bits per heavy atom. The van der Waals surface area contributed by atoms with Crippen LogP contribution >= 0.6 is 0 Å². The van der Waals surface area contributed by atoms with Gasteiger partial charge in [0.05, 0.1) is 0 Å². The molecule has 4 rings (SSSR count). The van der Waals surface area contributed by atoms with E-state index in [4.69, 9.17) is 0 Å². The van der Waals surface area contributed by atoms with Crippen LogP contribution in [0.5, 0.6) is 0 Å². The Balaban J connectivity index is 1.39. The average molecular weight is 276 g/mol. The molecule has 4 fully saturated rings. The summed E-state index contributed by atoms with van der Waals surface area (Å²) in [5.74, 6) is 0.969. The number of hydrogen-bond donors (Lipinski definition) is 1. The Bertz CT molecular complexity index is 374. The fourth-order valence-electron chi connectivity index (χ4n) is 5.82. The van der Waals surface area contributed by atoms with Crippen molar-refractivity contribution in [2.75, 3.05) is 13.1 Å². The van der Waals surface area contributed by atoms with Gasteiger partial charge in [-0.3, -0.25) is 0 Å². The predicted molar refractivity (Wildman–Crippen MR) is 83.8 cm³/mol. The quantitative estimate of drug-likeness (QED) is 0.850. The Morgan fingerprint density at radius 1 is 0.950 bits per heavy atom. The van der Waals surface area contributed by atoms with Crippen LogP contribution in [0.2, 0.25) is 0 Å². The van der Waals surface area contributed by atoms with Crippen molar-refractivity contribution in [1.29, 1.82) is 0 Å². The van der Waals surface area contributed by atoms with Crippen LogP contribution in [0.4, 0.5) is 0 Å². The van der Waals surface area contributed by atoms with Gasteiger partial charge in [0.1, 0.15) is 0 Å². The van der Waals surface area contributed by atoms with Gasteiger partial charge in [0.15, 0.2) is 0 Å². The summed E-state index contributed by atoms with van der Waals surface area (Å²) in [4.78, 5) is 2.74. The van der Waals surface area contributed by atoms with Gasteiger partial charge in [0.25, 0.3) is 0 Å². The first-order chi connectivity index (χ1) is 9.49. The summed E-state index contributed by atoms with van der Waals surface area (Å²) in [5, 5.41) is 4.13. The zero-order chi connectivity index (χ0) is 14.0. The number of nitrogens with one attached hydrogen (secondary N) is 1. The molecule has 3 atom stereocenters. The summed E-state index contributed by atoms with van der Waals surface area (Å²) in [7, 11) is 0. The summed E-state index contributed by atoms with van der Waals surface area (Å²) < 4.78 is 0. The minimum absolute atomic E-state index is 0.515. The fraction of sp³-hybridized carbons (Fsp3) is 1.00. The van der Waals surface area contributed by atoms with Gasteiger partial charge in [-0.05, 0) is 74.8 Å². The van der Waals surface area contributed by atoms with E-state index in [1.54, 1.807) is 0 Å². The summed E-state index contributed by atoms with van der Waals surface area (Å²) >= 11 is 0. The van der Waals surface area contributed by atoms with E-state index in [0.29, 0.717) is 10.8 Å². The van der Waals surface area contributed by atoms with Gasteiger partial charge in [-0.25, -0.2) is 0 Å². The maximum atomic E-state index is 4.13. The molecule has 0 radical (unpaired) electrons. The molecule has 1 N–H and O–H groups in total. The first-order valence-corrected chi connectivity index (χ1v) is 8.99. The standard InChI is InChI=1S/C18H32N2/c1-17(2)13-6-9-18(3,12-13)16(17)19-14-7-10-20(11-8-14)15-4-5-15/h13-16,19H,4-12H2,1-3H3/t13-,16?,18+/m0/s1. The molecule has 2 nitrogen and oxygen atoms in total. The number of hydrogen-bond acceptors (Lipinski definition) is 2. The monoisotopic (exact) mass is 276 g/mol. The molecular weight excluding hydrogens is 244 g/mol. The molecule has 0 amide bonds. The van der Waals surface area contributed by atoms with Crippen molar-refractivity contribution in [2.45, 2.75) is 83.8 Å². The van der Waals surface area contributed by atoms with Gasteiger partial charge < -0.3 is 10.2 Å². The molecule has 1 heterocycles. The van der Waals surface area contributed by atoms with Crippen LogP contribution in [0.25, 0.3) is 0 Å². The van der Waals surface area contributed by atoms with Crippen molar-refractivity contribution < 1.29 is 0 Å². The van der Waals surface area contributed by atoms with E-state index in [-0.39, 0.29) is 0 Å². The molecule has 1 aliphatic heterocycles. The predicted octanol–water partition coefficient (Wildman–Crippen LogP) is 3.42. The summed E-state index contributed by atoms with van der Waals surface area (Å²) in [6.45, 7) is 10.3. The normalized spacial score (nSPS) is 45.1. The lowest BCUT2D eigenvalue weighted by Crippen LogP contribution is -2.56. The summed E-state index contributed by atoms with van der Waals surface area (Å²) in [6.07, 6.45) is 10.1. The fourth-order valence-corrected chi connectivity index (χ4v) is 5.82. The van der Waals surface area contributed by atoms with Crippen molar-refractivity contribution in [3.8, 4) is 0 Å². The van der Waals surface area contributed by atoms with Gasteiger partial charge in [-0.15, -0.1) is 0 Å². The highest BCUT2D eigenvalue weighted by atomic mass is 15.2. The second-order valence-electron chi connectivity index (χ2n) is 9.06. The van der Waals surface area contributed by atoms with Crippen molar-refractivity contribution >= 4 is 0 Å². The minimum Gasteiger partial charge on any atom is -0.310 e. The van der Waals surface area contributed by atoms with Crippen LogP contribution in [-0.4, -0.2) is 36.1 Å². The van der Waals surface area contributed by atoms with Crippen LogP contribution in [0.1, 0.15) is 65.7 Å². The smallest absolute Gasteiger partial charge is 0.0177 e. The van der Waals surface area contributed by atoms with Gasteiger partial charge in [-0.1, -0.05) is 20.8 Å². The molecule has 20 heavy (non-hydrogen) atoms. The highest BCUT2D eigenvalue weighted by Gasteiger charge is 2.59. The van der Waals surface area contributed by atoms with Crippen LogP contribution in [0, 0.1) is 16.7 Å². The molecule has 1 saturated heterocycles. The molecule has 2 bridgehead atoms. The molecule has 0 aromatic carbocycles. The van der Waals surface area contributed by atoms with E-state index in [1.165, 1.54) is 58.0 Å². The average Bonchev–Trinajstić information content (AvgIpc) is 3.15. The number of piperidine rings is 1. The summed E-state index contributed by atoms with van der Waals surface area (Å²) in [5.41, 5.74) is 1.10. The highest BCUT2D eigenvalue weighted by Crippen LogP contribution is 2.62. The highest BCUT2D eigenvalue weighted by molar-refractivity contribution is 5.12. The van der Waals surface area contributed by atoms with E-state index in [0.717, 1.165) is 24.0 Å². The Labute approximate surface area is 124 Å². The van der Waals surface area contributed by atoms with E-state index in [1.807, 2.05) is 0 Å². The number of rotatable bonds is 3. The first kappa shape index (κ1) is 13.6. The van der Waals surface area contributed by atoms with E-state index in [2.05, 4.69) is 31.0 Å². The molecule has 2 heteroatoms. The van der Waals surface area contributed by atoms with Gasteiger partial charge in [0, 0.05) is 18.1 Å². The zero-order valence-corrected chi connectivity index (χ0v) is 13.6. The largest absolute Gasteiger partial charge is 0.310 e. The van der Waals surface area contributed by atoms with E-state index < -0.39 is 0 Å². The van der Waals surface area contributed by atoms with Gasteiger partial charge in [0.2, 0.25) is 0 Å². The number of likely N-dealkylation sites (tertiary alicyclic amines) is 1. The zero-order valence-electron chi connectivity index (χ0n) is 13.6. The van der Waals surface area contributed by atoms with Crippen molar-refractivity contribution in [1.82, 2.24) is 10.2 Å². The van der Waals surface area contributed by atoms with Crippen molar-refractivity contribution in [3.63, 3.8) is 0 Å². The molecule has 1 unspecified atom stereocenters. The Kier molecular flexibility index (Phi) is 3.03. The third-order valence-electron chi connectivity index (χ3n) is 7.26. The first-order valence-electron chi connectivity index (χ1n) is 8.99. The molecule has 3 saturated carbocycles. The van der Waals surface area contributed by atoms with E-state index in [9.17, 15) is 0 Å². The van der Waals surface area contributed by atoms with Gasteiger partial charge in [-0.2, -0.15) is 0 Å². The van der Waals surface area contributed by atoms with Crippen LogP contribution in [0.3, 0.4) is 0 Å². The van der Waals surface area contributed by atoms with Gasteiger partial charge >= 0.3 is 0 Å². The molecule has 0 aromatic rings. The van der Waals surface area contributed by atoms with E-state index >= 15 is 0 Å². The Hall–Kier alpha value is -0.0800. The maximum absolute atomic E-state index is 4.13. The number of nitrogens with zero attached hydrogens (tertiary/aromatic N) is 1. The molecule has 0 aromatic heterocycles.